The molecule has 0 amide bonds. The summed E-state index contributed by atoms with van der Waals surface area (Å²) in [6.07, 6.45) is 0. The minimum absolute atomic E-state index is 1.24. The first-order valence-electron chi connectivity index (χ1n) is 18.5. The van der Waals surface area contributed by atoms with Crippen molar-refractivity contribution in [3.8, 4) is 33.4 Å². The second kappa shape index (κ2) is 11.6. The molecule has 0 nitrogen and oxygen atoms in total. The average molecular weight is 719 g/mol. The Morgan fingerprint density at radius 2 is 0.833 bits per heavy atom. The van der Waals surface area contributed by atoms with Crippen molar-refractivity contribution in [1.82, 2.24) is 0 Å². The lowest BCUT2D eigenvalue weighted by Gasteiger charge is -2.19. The molecular weight excluding hydrogens is 689 g/mol. The van der Waals surface area contributed by atoms with Gasteiger partial charge in [-0.2, -0.15) is 0 Å². The highest BCUT2D eigenvalue weighted by molar-refractivity contribution is 7.27. The molecule has 12 rings (SSSR count). The number of rotatable bonds is 3. The number of thiophene rings is 2. The van der Waals surface area contributed by atoms with Crippen LogP contribution in [0.5, 0.6) is 0 Å². The number of hydrogen-bond donors (Lipinski definition) is 0. The van der Waals surface area contributed by atoms with Crippen LogP contribution in [0.4, 0.5) is 0 Å². The van der Waals surface area contributed by atoms with Crippen LogP contribution in [-0.2, 0) is 0 Å². The van der Waals surface area contributed by atoms with Gasteiger partial charge in [0.05, 0.1) is 0 Å². The summed E-state index contributed by atoms with van der Waals surface area (Å²) in [5.74, 6) is 0. The van der Waals surface area contributed by atoms with Crippen molar-refractivity contribution in [2.24, 2.45) is 0 Å². The van der Waals surface area contributed by atoms with E-state index in [0.717, 1.165) is 0 Å². The largest absolute Gasteiger partial charge is 0.135 e. The third-order valence-electron chi connectivity index (χ3n) is 11.4. The molecule has 12 aromatic rings. The van der Waals surface area contributed by atoms with E-state index < -0.39 is 0 Å². The van der Waals surface area contributed by atoms with E-state index in [1.165, 1.54) is 117 Å². The summed E-state index contributed by atoms with van der Waals surface area (Å²) in [6.45, 7) is 0. The molecule has 0 atom stereocenters. The van der Waals surface area contributed by atoms with E-state index in [4.69, 9.17) is 0 Å². The van der Waals surface area contributed by atoms with Gasteiger partial charge in [-0.05, 0) is 101 Å². The summed E-state index contributed by atoms with van der Waals surface area (Å²) < 4.78 is 5.40. The van der Waals surface area contributed by atoms with Gasteiger partial charge in [0.25, 0.3) is 0 Å². The van der Waals surface area contributed by atoms with E-state index in [2.05, 4.69) is 182 Å². The zero-order valence-electron chi connectivity index (χ0n) is 29.1. The van der Waals surface area contributed by atoms with Crippen molar-refractivity contribution in [2.75, 3.05) is 0 Å². The molecule has 0 fully saturated rings. The summed E-state index contributed by atoms with van der Waals surface area (Å²) >= 11 is 3.81. The van der Waals surface area contributed by atoms with Gasteiger partial charge in [-0.15, -0.1) is 22.7 Å². The van der Waals surface area contributed by atoms with Gasteiger partial charge >= 0.3 is 0 Å². The summed E-state index contributed by atoms with van der Waals surface area (Å²) in [4.78, 5) is 0. The van der Waals surface area contributed by atoms with Crippen molar-refractivity contribution in [3.05, 3.63) is 182 Å². The van der Waals surface area contributed by atoms with Gasteiger partial charge in [-0.1, -0.05) is 152 Å². The predicted molar refractivity (Wildman–Crippen MR) is 239 cm³/mol. The van der Waals surface area contributed by atoms with Gasteiger partial charge in [0, 0.05) is 45.7 Å². The molecule has 0 N–H and O–H groups in total. The molecule has 0 spiro atoms. The lowest BCUT2D eigenvalue weighted by molar-refractivity contribution is 1.64. The molecule has 0 radical (unpaired) electrons. The number of fused-ring (bicyclic) bond motifs is 11. The minimum Gasteiger partial charge on any atom is -0.135 e. The fraction of sp³-hybridized carbons (Fsp3) is 0. The van der Waals surface area contributed by atoms with Crippen molar-refractivity contribution in [2.45, 2.75) is 0 Å². The fourth-order valence-electron chi connectivity index (χ4n) is 9.05. The molecule has 0 aliphatic carbocycles. The van der Waals surface area contributed by atoms with E-state index in [1.807, 2.05) is 22.7 Å². The van der Waals surface area contributed by atoms with Crippen LogP contribution in [0.25, 0.3) is 117 Å². The Bertz CT molecular complexity index is 3430. The smallest absolute Gasteiger partial charge is 0.0434 e. The van der Waals surface area contributed by atoms with Crippen LogP contribution in [0.3, 0.4) is 0 Å². The molecule has 2 aromatic heterocycles. The molecule has 0 unspecified atom stereocenters. The Balaban J connectivity index is 1.11. The first-order chi connectivity index (χ1) is 26.8. The molecule has 0 saturated carbocycles. The van der Waals surface area contributed by atoms with Crippen molar-refractivity contribution >= 4 is 106 Å². The molecule has 2 heterocycles. The molecule has 54 heavy (non-hydrogen) atoms. The summed E-state index contributed by atoms with van der Waals surface area (Å²) in [6, 6.07) is 67.8. The lowest BCUT2D eigenvalue weighted by Crippen LogP contribution is -1.92. The SMILES string of the molecule is c1ccc(-c2ccc(-c3c4ccccc4c(-c4ccc5sc6c7cc8c(cc7ccc6c5c4)sc4ccccc48)c4ccccc34)c3ccccc23)cc1. The van der Waals surface area contributed by atoms with Gasteiger partial charge < -0.3 is 0 Å². The quantitative estimate of drug-likeness (QED) is 0.160. The highest BCUT2D eigenvalue weighted by Crippen LogP contribution is 2.48. The third kappa shape index (κ3) is 4.36. The van der Waals surface area contributed by atoms with E-state index in [9.17, 15) is 0 Å². The highest BCUT2D eigenvalue weighted by Gasteiger charge is 2.20. The van der Waals surface area contributed by atoms with Gasteiger partial charge in [0.1, 0.15) is 0 Å². The Hall–Kier alpha value is -6.32. The van der Waals surface area contributed by atoms with Gasteiger partial charge in [0.15, 0.2) is 0 Å². The Morgan fingerprint density at radius 1 is 0.259 bits per heavy atom. The molecule has 250 valence electrons. The van der Waals surface area contributed by atoms with Gasteiger partial charge in [-0.25, -0.2) is 0 Å². The minimum atomic E-state index is 1.24. The van der Waals surface area contributed by atoms with Crippen LogP contribution in [0.2, 0.25) is 0 Å². The van der Waals surface area contributed by atoms with Crippen LogP contribution in [0, 0.1) is 0 Å². The lowest BCUT2D eigenvalue weighted by atomic mass is 9.83. The van der Waals surface area contributed by atoms with Crippen LogP contribution in [-0.4, -0.2) is 0 Å². The van der Waals surface area contributed by atoms with E-state index in [1.54, 1.807) is 0 Å². The number of benzene rings is 10. The predicted octanol–water partition coefficient (Wildman–Crippen LogP) is 16.0. The first kappa shape index (κ1) is 30.2. The maximum Gasteiger partial charge on any atom is 0.0434 e. The maximum atomic E-state index is 2.45. The molecule has 0 saturated heterocycles. The van der Waals surface area contributed by atoms with E-state index in [0.29, 0.717) is 0 Å². The second-order valence-corrected chi connectivity index (χ2v) is 16.5. The summed E-state index contributed by atoms with van der Waals surface area (Å²) in [7, 11) is 0. The van der Waals surface area contributed by atoms with Gasteiger partial charge in [0.2, 0.25) is 0 Å². The van der Waals surface area contributed by atoms with E-state index in [-0.39, 0.29) is 0 Å². The molecule has 0 aliphatic rings. The molecular formula is C52H30S2. The van der Waals surface area contributed by atoms with Crippen LogP contribution in [0.1, 0.15) is 0 Å². The molecule has 10 aromatic carbocycles. The highest BCUT2D eigenvalue weighted by atomic mass is 32.1. The Morgan fingerprint density at radius 3 is 1.57 bits per heavy atom. The zero-order chi connectivity index (χ0) is 35.3. The van der Waals surface area contributed by atoms with Crippen molar-refractivity contribution in [3.63, 3.8) is 0 Å². The molecule has 0 bridgehead atoms. The van der Waals surface area contributed by atoms with Crippen molar-refractivity contribution < 1.29 is 0 Å². The first-order valence-corrected chi connectivity index (χ1v) is 20.1. The Kier molecular flexibility index (Phi) is 6.48. The summed E-state index contributed by atoms with van der Waals surface area (Å²) in [5, 5.41) is 15.7. The fourth-order valence-corrected chi connectivity index (χ4v) is 11.4. The standard InChI is InChI=1S/C52H30S2/c1-2-12-31(13-3-1)34-25-26-42(36-15-5-4-14-35(34)36)51-40-19-8-6-17-38(40)50(39-18-7-9-20-41(39)51)33-23-27-48-45(28-33)43-24-22-32-29-49-46(30-44(32)52(43)54-48)37-16-10-11-21-47(37)53-49/h1-30H. The number of hydrogen-bond acceptors (Lipinski definition) is 2. The summed E-state index contributed by atoms with van der Waals surface area (Å²) in [5.41, 5.74) is 7.61. The topological polar surface area (TPSA) is 0 Å². The molecule has 2 heteroatoms. The monoisotopic (exact) mass is 718 g/mol. The van der Waals surface area contributed by atoms with Crippen LogP contribution in [0.15, 0.2) is 182 Å². The average Bonchev–Trinajstić information content (AvgIpc) is 3.79. The van der Waals surface area contributed by atoms with E-state index >= 15 is 0 Å². The second-order valence-electron chi connectivity index (χ2n) is 14.3. The van der Waals surface area contributed by atoms with Crippen LogP contribution >= 0.6 is 22.7 Å². The third-order valence-corrected chi connectivity index (χ3v) is 13.8. The molecule has 0 aliphatic heterocycles. The Labute approximate surface area is 319 Å². The van der Waals surface area contributed by atoms with Gasteiger partial charge in [-0.3, -0.25) is 0 Å². The van der Waals surface area contributed by atoms with Crippen LogP contribution < -0.4 is 0 Å². The maximum absolute atomic E-state index is 2.45. The normalized spacial score (nSPS) is 12.1. The zero-order valence-corrected chi connectivity index (χ0v) is 30.8. The van der Waals surface area contributed by atoms with Crippen molar-refractivity contribution in [1.29, 1.82) is 0 Å².